The van der Waals surface area contributed by atoms with Gasteiger partial charge in [-0.3, -0.25) is 14.5 Å². The Labute approximate surface area is 297 Å². The number of phenols is 1. The third-order valence-corrected chi connectivity index (χ3v) is 14.9. The quantitative estimate of drug-likeness (QED) is 0.216. The number of rotatable bonds is 3. The number of methoxy groups -OCH3 is 1. The summed E-state index contributed by atoms with van der Waals surface area (Å²) in [6.07, 6.45) is 22.2. The topological polar surface area (TPSA) is 119 Å². The molecule has 2 aromatic rings. The molecule has 1 spiro atoms. The molecule has 7 rings (SSSR count). The molecule has 5 aliphatic rings. The number of Topliss-reactive ketones (excluding diaryl/α,β-unsaturated/α-hetero) is 1. The molecule has 0 radical (unpaired) electrons. The van der Waals surface area contributed by atoms with Gasteiger partial charge >= 0.3 is 0 Å². The number of carbonyl (C=O) groups is 2. The molecule has 4 heterocycles. The van der Waals surface area contributed by atoms with Gasteiger partial charge in [0.05, 0.1) is 25.0 Å². The number of allylic oxidation sites excluding steroid dienone is 2. The van der Waals surface area contributed by atoms with Crippen molar-refractivity contribution in [1.82, 2.24) is 10.3 Å². The number of aromatic hydroxyl groups is 1. The van der Waals surface area contributed by atoms with Crippen molar-refractivity contribution in [2.24, 2.45) is 17.3 Å². The smallest absolute Gasteiger partial charge is 0.163 e. The highest BCUT2D eigenvalue weighted by molar-refractivity contribution is 8.76. The molecule has 1 aromatic heterocycles. The maximum atomic E-state index is 12.9. The second kappa shape index (κ2) is 14.2. The van der Waals surface area contributed by atoms with E-state index in [9.17, 15) is 14.7 Å². The Morgan fingerprint density at radius 3 is 2.78 bits per heavy atom. The van der Waals surface area contributed by atoms with E-state index in [2.05, 4.69) is 36.7 Å². The van der Waals surface area contributed by atoms with Crippen molar-refractivity contribution >= 4 is 45.0 Å². The molecule has 1 unspecified atom stereocenters. The monoisotopic (exact) mass is 701 g/mol. The van der Waals surface area contributed by atoms with E-state index in [1.54, 1.807) is 18.2 Å². The minimum Gasteiger partial charge on any atom is -0.504 e. The normalized spacial score (nSPS) is 30.4. The van der Waals surface area contributed by atoms with Gasteiger partial charge in [-0.15, -0.1) is 0 Å². The molecule has 2 fully saturated rings. The number of aromatic nitrogens is 1. The van der Waals surface area contributed by atoms with Crippen LogP contribution in [0.25, 0.3) is 6.08 Å². The number of nitrogens with zero attached hydrogens (tertiary/aromatic N) is 1. The summed E-state index contributed by atoms with van der Waals surface area (Å²) in [6, 6.07) is 5.71. The van der Waals surface area contributed by atoms with E-state index in [0.29, 0.717) is 41.7 Å². The molecule has 0 amide bonds. The first-order valence-corrected chi connectivity index (χ1v) is 20.3. The number of nitrogen functional groups attached to an aromatic ring is 1. The van der Waals surface area contributed by atoms with Crippen molar-refractivity contribution in [1.29, 1.82) is 0 Å². The molecule has 10 heteroatoms. The van der Waals surface area contributed by atoms with Gasteiger partial charge in [0.2, 0.25) is 0 Å². The number of quaternary nitrogens is 1. The van der Waals surface area contributed by atoms with E-state index < -0.39 is 0 Å². The van der Waals surface area contributed by atoms with Crippen molar-refractivity contribution in [3.8, 4) is 11.5 Å². The first kappa shape index (κ1) is 34.2. The molecular formula is C39H49N4O4S2+. The predicted octanol–water partition coefficient (Wildman–Crippen LogP) is 6.32. The summed E-state index contributed by atoms with van der Waals surface area (Å²) in [5.74, 6) is 2.42. The van der Waals surface area contributed by atoms with Crippen LogP contribution >= 0.6 is 21.6 Å². The second-order valence-electron chi connectivity index (χ2n) is 14.9. The van der Waals surface area contributed by atoms with Crippen LogP contribution in [0.4, 0.5) is 5.82 Å². The van der Waals surface area contributed by atoms with Crippen LogP contribution in [-0.2, 0) is 16.0 Å². The zero-order valence-electron chi connectivity index (χ0n) is 28.6. The average molecular weight is 702 g/mol. The van der Waals surface area contributed by atoms with Crippen LogP contribution < -0.4 is 20.7 Å². The van der Waals surface area contributed by atoms with Gasteiger partial charge in [-0.05, 0) is 90.5 Å². The van der Waals surface area contributed by atoms with Crippen molar-refractivity contribution in [3.63, 3.8) is 0 Å². The SMILES string of the molecule is CC[C@H]1CCC(=O)CC(=O)/C=C/c2cc(OC)c(O)cc2Cc2cnc(N)c(c2)[C@H]([C@]23CC4(CCCC4)C[C@@H]2C=CC2=CNC[NH+]23)SSC1. The number of pyridine rings is 1. The van der Waals surface area contributed by atoms with Gasteiger partial charge in [-0.1, -0.05) is 59.9 Å². The maximum Gasteiger partial charge on any atom is 0.163 e. The zero-order chi connectivity index (χ0) is 34.2. The Bertz CT molecular complexity index is 1700. The number of phenolic OH excluding ortho intramolecular Hbond substituents is 1. The van der Waals surface area contributed by atoms with E-state index in [1.807, 2.05) is 27.8 Å². The lowest BCUT2D eigenvalue weighted by molar-refractivity contribution is -0.915. The number of ketones is 2. The Balaban J connectivity index is 1.35. The van der Waals surface area contributed by atoms with Gasteiger partial charge in [-0.25, -0.2) is 4.98 Å². The average Bonchev–Trinajstić information content (AvgIpc) is 3.83. The predicted molar refractivity (Wildman–Crippen MR) is 198 cm³/mol. The summed E-state index contributed by atoms with van der Waals surface area (Å²) < 4.78 is 5.42. The number of ether oxygens (including phenoxy) is 1. The zero-order valence-corrected chi connectivity index (χ0v) is 30.3. The molecule has 3 aliphatic heterocycles. The van der Waals surface area contributed by atoms with E-state index in [-0.39, 0.29) is 34.5 Å². The number of hydrogen-bond donors (Lipinski definition) is 4. The van der Waals surface area contributed by atoms with Crippen LogP contribution in [-0.4, -0.2) is 46.7 Å². The number of nitrogens with two attached hydrogens (primary N) is 1. The fraction of sp³-hybridized carbons (Fsp3) is 0.513. The Kier molecular flexibility index (Phi) is 9.92. The second-order valence-corrected chi connectivity index (χ2v) is 17.4. The van der Waals surface area contributed by atoms with Crippen molar-refractivity contribution in [2.45, 2.75) is 88.3 Å². The molecule has 49 heavy (non-hydrogen) atoms. The Morgan fingerprint density at radius 2 is 1.98 bits per heavy atom. The molecule has 2 saturated carbocycles. The van der Waals surface area contributed by atoms with Crippen LogP contribution in [0.2, 0.25) is 0 Å². The summed E-state index contributed by atoms with van der Waals surface area (Å²) in [4.78, 5) is 32.2. The van der Waals surface area contributed by atoms with Gasteiger partial charge in [0.1, 0.15) is 22.8 Å². The van der Waals surface area contributed by atoms with Crippen molar-refractivity contribution in [2.75, 3.05) is 25.3 Å². The standard InChI is InChI=1S/C39H48N4O4S2/c1-3-25-6-10-31(44)18-32(45)11-7-27-17-35(47-2)34(46)16-28(27)14-26-15-33(37(40)42-20-26)36(49-48-22-25)39-23-38(12-4-5-13-38)19-29(39)8-9-30-21-41-24-43(30)39/h7-9,11,15-17,20-21,25,29,36,41,46H,3-6,10,12-14,18-19,22-24H2,1-2H3,(H2,40,42)/p+1/b11-7+/t25-,29-,36+,39-/m0/s1. The van der Waals surface area contributed by atoms with Gasteiger partial charge in [-0.2, -0.15) is 0 Å². The van der Waals surface area contributed by atoms with Crippen LogP contribution in [0.15, 0.2) is 54.5 Å². The highest BCUT2D eigenvalue weighted by Crippen LogP contribution is 2.63. The maximum absolute atomic E-state index is 12.9. The lowest BCUT2D eigenvalue weighted by Gasteiger charge is -2.47. The molecule has 5 N–H and O–H groups in total. The summed E-state index contributed by atoms with van der Waals surface area (Å²) in [5, 5.41) is 14.5. The summed E-state index contributed by atoms with van der Waals surface area (Å²) in [7, 11) is 5.38. The van der Waals surface area contributed by atoms with E-state index in [0.717, 1.165) is 53.9 Å². The minimum atomic E-state index is -0.222. The van der Waals surface area contributed by atoms with Crippen molar-refractivity contribution in [3.05, 3.63) is 76.8 Å². The fourth-order valence-corrected chi connectivity index (χ4v) is 13.0. The van der Waals surface area contributed by atoms with E-state index in [1.165, 1.54) is 55.9 Å². The van der Waals surface area contributed by atoms with Crippen LogP contribution in [0.5, 0.6) is 11.5 Å². The van der Waals surface area contributed by atoms with E-state index >= 15 is 0 Å². The van der Waals surface area contributed by atoms with Crippen LogP contribution in [0.1, 0.15) is 98.6 Å². The molecule has 5 atom stereocenters. The summed E-state index contributed by atoms with van der Waals surface area (Å²) in [6.45, 7) is 3.06. The molecule has 2 bridgehead atoms. The molecule has 1 aromatic carbocycles. The fourth-order valence-electron chi connectivity index (χ4n) is 9.33. The molecular weight excluding hydrogens is 653 g/mol. The Hall–Kier alpha value is -3.21. The highest BCUT2D eigenvalue weighted by atomic mass is 33.1. The first-order chi connectivity index (χ1) is 23.7. The van der Waals surface area contributed by atoms with Gasteiger partial charge in [0.25, 0.3) is 0 Å². The lowest BCUT2D eigenvalue weighted by atomic mass is 9.75. The van der Waals surface area contributed by atoms with Gasteiger partial charge in [0.15, 0.2) is 24.0 Å². The number of hydrogen-bond acceptors (Lipinski definition) is 9. The van der Waals surface area contributed by atoms with E-state index in [4.69, 9.17) is 15.5 Å². The first-order valence-electron chi connectivity index (χ1n) is 17.9. The molecule has 8 nitrogen and oxygen atoms in total. The molecule has 260 valence electrons. The summed E-state index contributed by atoms with van der Waals surface area (Å²) in [5.41, 5.74) is 12.2. The third-order valence-electron chi connectivity index (χ3n) is 11.9. The lowest BCUT2D eigenvalue weighted by Crippen LogP contribution is -3.20. The number of anilines is 1. The Morgan fingerprint density at radius 1 is 1.14 bits per heavy atom. The van der Waals surface area contributed by atoms with Crippen molar-refractivity contribution < 1.29 is 24.3 Å². The largest absolute Gasteiger partial charge is 0.504 e. The van der Waals surface area contributed by atoms with Crippen LogP contribution in [0, 0.1) is 17.3 Å². The number of fused-ring (bicyclic) bond motifs is 6. The third kappa shape index (κ3) is 6.68. The molecule has 2 aliphatic carbocycles. The van der Waals surface area contributed by atoms with Gasteiger partial charge < -0.3 is 20.9 Å². The number of benzene rings is 1. The summed E-state index contributed by atoms with van der Waals surface area (Å²) >= 11 is 0. The number of carbonyl (C=O) groups excluding carboxylic acids is 2. The molecule has 0 saturated heterocycles. The number of nitrogens with one attached hydrogen (secondary N) is 2. The van der Waals surface area contributed by atoms with Gasteiger partial charge in [0, 0.05) is 36.3 Å². The van der Waals surface area contributed by atoms with Crippen LogP contribution in [0.3, 0.4) is 0 Å². The highest BCUT2D eigenvalue weighted by Gasteiger charge is 2.66. The minimum absolute atomic E-state index is 0.0184.